The van der Waals surface area contributed by atoms with Gasteiger partial charge in [0.2, 0.25) is 27.7 Å². The Morgan fingerprint density at radius 3 is 2.59 bits per heavy atom. The Morgan fingerprint density at radius 2 is 1.89 bits per heavy atom. The van der Waals surface area contributed by atoms with Crippen molar-refractivity contribution in [3.63, 3.8) is 0 Å². The number of carbonyl (C=O) groups excluding carboxylic acids is 4. The van der Waals surface area contributed by atoms with Crippen LogP contribution in [0.15, 0.2) is 30.4 Å². The zero-order chi connectivity index (χ0) is 31.6. The number of fused-ring (bicyclic) bond motifs is 1. The summed E-state index contributed by atoms with van der Waals surface area (Å²) in [4.78, 5) is 52.8. The first kappa shape index (κ1) is 31.9. The minimum Gasteiger partial charge on any atom is -0.444 e. The Hall–Kier alpha value is -3.52. The lowest BCUT2D eigenvalue weighted by molar-refractivity contribution is -0.138. The number of nitrogens with one attached hydrogen (secondary N) is 1. The largest absolute Gasteiger partial charge is 0.444 e. The van der Waals surface area contributed by atoms with Crippen molar-refractivity contribution in [1.82, 2.24) is 14.5 Å². The van der Waals surface area contributed by atoms with E-state index < -0.39 is 57.3 Å². The number of allylic oxidation sites excluding steroid dienone is 2. The van der Waals surface area contributed by atoms with Gasteiger partial charge >= 0.3 is 6.09 Å². The van der Waals surface area contributed by atoms with Crippen molar-refractivity contribution in [3.8, 4) is 0 Å². The molecule has 1 aromatic rings. The average Bonchev–Trinajstić information content (AvgIpc) is 3.88. The molecule has 0 unspecified atom stereocenters. The van der Waals surface area contributed by atoms with Gasteiger partial charge in [-0.25, -0.2) is 17.6 Å². The maximum absolute atomic E-state index is 14.1. The summed E-state index contributed by atoms with van der Waals surface area (Å²) in [5.74, 6) is -2.15. The second-order valence-corrected chi connectivity index (χ2v) is 14.2. The lowest BCUT2D eigenvalue weighted by Gasteiger charge is -2.25. The Labute approximate surface area is 256 Å². The molecule has 4 amide bonds. The fraction of sp³-hybridized carbons (Fsp3) is 0.600. The van der Waals surface area contributed by atoms with Crippen LogP contribution in [0.3, 0.4) is 0 Å². The van der Waals surface area contributed by atoms with E-state index in [1.807, 2.05) is 12.2 Å². The summed E-state index contributed by atoms with van der Waals surface area (Å²) in [6.07, 6.45) is 8.07. The van der Waals surface area contributed by atoms with E-state index in [2.05, 4.69) is 4.72 Å². The highest BCUT2D eigenvalue weighted by atomic mass is 32.2. The van der Waals surface area contributed by atoms with E-state index in [1.165, 1.54) is 15.9 Å². The molecule has 5 rings (SSSR count). The number of rotatable bonds is 13. The van der Waals surface area contributed by atoms with E-state index in [9.17, 15) is 32.0 Å². The highest BCUT2D eigenvalue weighted by Crippen LogP contribution is 2.40. The molecule has 0 aromatic heterocycles. The summed E-state index contributed by atoms with van der Waals surface area (Å²) in [7, 11) is -3.51. The van der Waals surface area contributed by atoms with Gasteiger partial charge in [0.1, 0.15) is 18.0 Å². The maximum atomic E-state index is 14.1. The molecule has 12 nitrogen and oxygen atoms in total. The fourth-order valence-electron chi connectivity index (χ4n) is 5.94. The van der Waals surface area contributed by atoms with Crippen LogP contribution in [0, 0.1) is 17.7 Å². The minimum absolute atomic E-state index is 0.00147. The third-order valence-corrected chi connectivity index (χ3v) is 10.6. The predicted molar refractivity (Wildman–Crippen MR) is 157 cm³/mol. The number of primary amides is 1. The van der Waals surface area contributed by atoms with Gasteiger partial charge in [-0.3, -0.25) is 24.0 Å². The van der Waals surface area contributed by atoms with Crippen LogP contribution in [-0.4, -0.2) is 72.0 Å². The molecule has 2 heterocycles. The molecule has 2 aliphatic heterocycles. The summed E-state index contributed by atoms with van der Waals surface area (Å²) >= 11 is 0. The Kier molecular flexibility index (Phi) is 9.59. The molecule has 0 radical (unpaired) electrons. The molecule has 2 aliphatic carbocycles. The van der Waals surface area contributed by atoms with Crippen LogP contribution < -0.4 is 16.2 Å². The second kappa shape index (κ2) is 13.2. The number of benzene rings is 1. The first-order valence-corrected chi connectivity index (χ1v) is 16.8. The van der Waals surface area contributed by atoms with Crippen LogP contribution in [0.2, 0.25) is 0 Å². The van der Waals surface area contributed by atoms with Crippen LogP contribution in [0.25, 0.3) is 0 Å². The van der Waals surface area contributed by atoms with Gasteiger partial charge in [0.25, 0.3) is 0 Å². The normalized spacial score (nSPS) is 25.1. The molecular weight excluding hydrogens is 593 g/mol. The number of nitrogens with zero attached hydrogens (tertiary/aromatic N) is 2. The van der Waals surface area contributed by atoms with Crippen LogP contribution in [0.5, 0.6) is 0 Å². The van der Waals surface area contributed by atoms with Crippen molar-refractivity contribution < 1.29 is 36.7 Å². The number of hydrogen-bond acceptors (Lipinski definition) is 8. The van der Waals surface area contributed by atoms with Crippen LogP contribution in [0.1, 0.15) is 68.9 Å². The molecule has 4 aliphatic rings. The van der Waals surface area contributed by atoms with Crippen molar-refractivity contribution in [1.29, 1.82) is 0 Å². The standard InChI is InChI=1S/C30H40FN5O7S/c31-24-9-6-8-19-15-35(17-23(19)24)30(40)43-20-14-26(27(33)37)36(16-20)29(39)25(32)10-5-3-1-2-4-7-18-13-22(18)28(38)34-44(41,42)21-11-12-21/h4,6-9,18,20-22,25-26H,1-3,5,10-17,32H2,(H2,33,37)(H,34,38)/b7-4-/t18-,20-,22+,25+,26+/m1/s1. The summed E-state index contributed by atoms with van der Waals surface area (Å²) < 4.78 is 45.7. The van der Waals surface area contributed by atoms with E-state index in [0.29, 0.717) is 43.2 Å². The van der Waals surface area contributed by atoms with Crippen LogP contribution >= 0.6 is 0 Å². The van der Waals surface area contributed by atoms with E-state index >= 15 is 0 Å². The number of nitrogens with two attached hydrogens (primary N) is 2. The van der Waals surface area contributed by atoms with Gasteiger partial charge in [-0.2, -0.15) is 0 Å². The minimum atomic E-state index is -3.51. The number of sulfonamides is 1. The Bertz CT molecular complexity index is 1430. The predicted octanol–water partition coefficient (Wildman–Crippen LogP) is 1.81. The van der Waals surface area contributed by atoms with E-state index in [4.69, 9.17) is 16.2 Å². The molecule has 0 spiro atoms. The lowest BCUT2D eigenvalue weighted by atomic mass is 10.1. The molecule has 3 fully saturated rings. The van der Waals surface area contributed by atoms with Gasteiger partial charge in [-0.05, 0) is 56.1 Å². The second-order valence-electron chi connectivity index (χ2n) is 12.3. The third kappa shape index (κ3) is 7.57. The molecule has 1 aromatic carbocycles. The maximum Gasteiger partial charge on any atom is 0.410 e. The number of amides is 4. The average molecular weight is 634 g/mol. The monoisotopic (exact) mass is 633 g/mol. The summed E-state index contributed by atoms with van der Waals surface area (Å²) in [5, 5.41) is -0.419. The zero-order valence-electron chi connectivity index (χ0n) is 24.5. The molecule has 5 N–H and O–H groups in total. The highest BCUT2D eigenvalue weighted by Gasteiger charge is 2.45. The number of halogens is 1. The third-order valence-electron chi connectivity index (χ3n) is 8.79. The smallest absolute Gasteiger partial charge is 0.410 e. The van der Waals surface area contributed by atoms with Crippen molar-refractivity contribution in [2.45, 2.75) is 94.3 Å². The molecule has 1 saturated heterocycles. The summed E-state index contributed by atoms with van der Waals surface area (Å²) in [6, 6.07) is 2.90. The molecule has 44 heavy (non-hydrogen) atoms. The van der Waals surface area contributed by atoms with Crippen molar-refractivity contribution >= 4 is 33.8 Å². The Morgan fingerprint density at radius 1 is 1.11 bits per heavy atom. The molecule has 240 valence electrons. The molecule has 0 bridgehead atoms. The van der Waals surface area contributed by atoms with Crippen molar-refractivity contribution in [2.24, 2.45) is 23.3 Å². The number of carbonyl (C=O) groups is 4. The fourth-order valence-corrected chi connectivity index (χ4v) is 7.30. The molecular formula is C30H40FN5O7S. The van der Waals surface area contributed by atoms with Gasteiger partial charge in [-0.15, -0.1) is 0 Å². The Balaban J connectivity index is 0.991. The van der Waals surface area contributed by atoms with Gasteiger partial charge < -0.3 is 21.1 Å². The highest BCUT2D eigenvalue weighted by molar-refractivity contribution is 7.90. The summed E-state index contributed by atoms with van der Waals surface area (Å²) in [5.41, 5.74) is 12.9. The topological polar surface area (TPSA) is 182 Å². The lowest BCUT2D eigenvalue weighted by Crippen LogP contribution is -2.50. The molecule has 2 saturated carbocycles. The number of likely N-dealkylation sites (tertiary alicyclic amines) is 1. The molecule has 5 atom stereocenters. The number of hydrogen-bond donors (Lipinski definition) is 3. The van der Waals surface area contributed by atoms with Crippen molar-refractivity contribution in [2.75, 3.05) is 6.54 Å². The SMILES string of the molecule is NC(=O)[C@@H]1C[C@@H](OC(=O)N2Cc3cccc(F)c3C2)CN1C(=O)[C@@H](N)CCCCC/C=C\[C@@H]1C[C@@H]1C(=O)NS(=O)(=O)C1CC1. The zero-order valence-corrected chi connectivity index (χ0v) is 25.3. The first-order valence-electron chi connectivity index (χ1n) is 15.2. The van der Waals surface area contributed by atoms with Crippen LogP contribution in [0.4, 0.5) is 9.18 Å². The first-order chi connectivity index (χ1) is 20.9. The number of unbranched alkanes of at least 4 members (excludes halogenated alkanes) is 3. The van der Waals surface area contributed by atoms with Gasteiger partial charge in [0, 0.05) is 24.4 Å². The summed E-state index contributed by atoms with van der Waals surface area (Å²) in [6.45, 7) is 0.298. The van der Waals surface area contributed by atoms with E-state index in [-0.39, 0.29) is 43.7 Å². The van der Waals surface area contributed by atoms with Crippen LogP contribution in [-0.2, 0) is 42.2 Å². The van der Waals surface area contributed by atoms with Gasteiger partial charge in [-0.1, -0.05) is 37.1 Å². The quantitative estimate of drug-likeness (QED) is 0.217. The van der Waals surface area contributed by atoms with Gasteiger partial charge in [0.05, 0.1) is 24.4 Å². The van der Waals surface area contributed by atoms with Gasteiger partial charge in [0.15, 0.2) is 0 Å². The van der Waals surface area contributed by atoms with E-state index in [1.54, 1.807) is 12.1 Å². The number of ether oxygens (including phenoxy) is 1. The van der Waals surface area contributed by atoms with E-state index in [0.717, 1.165) is 19.3 Å². The molecule has 14 heteroatoms. The van der Waals surface area contributed by atoms with Crippen molar-refractivity contribution in [3.05, 3.63) is 47.3 Å².